The lowest BCUT2D eigenvalue weighted by molar-refractivity contribution is -0.137. The van der Waals surface area contributed by atoms with E-state index in [9.17, 15) is 24.6 Å². The van der Waals surface area contributed by atoms with E-state index in [1.807, 2.05) is 61.5 Å². The minimum absolute atomic E-state index is 0.0386. The fourth-order valence-corrected chi connectivity index (χ4v) is 4.88. The number of carbonyl (C=O) groups excluding carboxylic acids is 2. The maximum absolute atomic E-state index is 14.0. The Bertz CT molecular complexity index is 1520. The van der Waals surface area contributed by atoms with Gasteiger partial charge >= 0.3 is 5.97 Å². The van der Waals surface area contributed by atoms with Gasteiger partial charge in [-0.3, -0.25) is 14.4 Å². The second-order valence-corrected chi connectivity index (χ2v) is 9.97. The Morgan fingerprint density at radius 1 is 0.791 bits per heavy atom. The number of hydrogen-bond acceptors (Lipinski definition) is 5. The molecule has 0 saturated carbocycles. The number of ether oxygens (including phenoxy) is 1. The van der Waals surface area contributed by atoms with Gasteiger partial charge in [0.1, 0.15) is 5.75 Å². The van der Waals surface area contributed by atoms with Gasteiger partial charge in [0, 0.05) is 24.2 Å². The van der Waals surface area contributed by atoms with Crippen molar-refractivity contribution in [2.75, 3.05) is 26.3 Å². The molecule has 2 amide bonds. The molecule has 0 aliphatic heterocycles. The highest BCUT2D eigenvalue weighted by molar-refractivity contribution is 6.06. The molecule has 0 saturated heterocycles. The number of benzene rings is 4. The molecule has 0 bridgehead atoms. The summed E-state index contributed by atoms with van der Waals surface area (Å²) >= 11 is 0. The third-order valence-corrected chi connectivity index (χ3v) is 7.10. The minimum atomic E-state index is -0.994. The van der Waals surface area contributed by atoms with Crippen LogP contribution < -0.4 is 10.1 Å². The number of aliphatic carboxylic acids is 1. The molecule has 4 rings (SSSR count). The number of carboxylic acid groups (broad SMARTS) is 1. The molecule has 0 aliphatic carbocycles. The molecule has 0 heterocycles. The number of aliphatic hydroxyl groups excluding tert-OH is 1. The SMILES string of the molecule is CCOc1ccc(CCN(CCC(=O)O)C(=O)c2ccccc2-c2ccccc2C(=O)NC(CO)c2ccccc2)cc1. The molecule has 1 unspecified atom stereocenters. The third-order valence-electron chi connectivity index (χ3n) is 7.10. The number of amides is 2. The van der Waals surface area contributed by atoms with E-state index >= 15 is 0 Å². The second-order valence-electron chi connectivity index (χ2n) is 9.97. The normalized spacial score (nSPS) is 11.4. The molecule has 43 heavy (non-hydrogen) atoms. The van der Waals surface area contributed by atoms with E-state index in [0.29, 0.717) is 41.8 Å². The summed E-state index contributed by atoms with van der Waals surface area (Å²) in [5, 5.41) is 22.3. The molecular weight excluding hydrogens is 544 g/mol. The molecule has 0 aromatic heterocycles. The monoisotopic (exact) mass is 580 g/mol. The quantitative estimate of drug-likeness (QED) is 0.185. The summed E-state index contributed by atoms with van der Waals surface area (Å²) in [6, 6.07) is 30.2. The van der Waals surface area contributed by atoms with Crippen LogP contribution in [0.2, 0.25) is 0 Å². The van der Waals surface area contributed by atoms with Gasteiger partial charge in [0.15, 0.2) is 0 Å². The second kappa shape index (κ2) is 15.3. The Morgan fingerprint density at radius 3 is 2.02 bits per heavy atom. The predicted octanol–water partition coefficient (Wildman–Crippen LogP) is 5.38. The van der Waals surface area contributed by atoms with Gasteiger partial charge in [-0.05, 0) is 59.9 Å². The highest BCUT2D eigenvalue weighted by atomic mass is 16.5. The highest BCUT2D eigenvalue weighted by Gasteiger charge is 2.23. The van der Waals surface area contributed by atoms with Crippen molar-refractivity contribution in [1.29, 1.82) is 0 Å². The molecule has 8 nitrogen and oxygen atoms in total. The van der Waals surface area contributed by atoms with Gasteiger partial charge in [-0.15, -0.1) is 0 Å². The van der Waals surface area contributed by atoms with Crippen LogP contribution in [-0.2, 0) is 11.2 Å². The van der Waals surface area contributed by atoms with Crippen LogP contribution in [0.3, 0.4) is 0 Å². The fraction of sp³-hybridized carbons (Fsp3) is 0.229. The van der Waals surface area contributed by atoms with E-state index in [1.54, 1.807) is 53.4 Å². The maximum Gasteiger partial charge on any atom is 0.305 e. The lowest BCUT2D eigenvalue weighted by Gasteiger charge is -2.24. The van der Waals surface area contributed by atoms with E-state index in [4.69, 9.17) is 4.74 Å². The summed E-state index contributed by atoms with van der Waals surface area (Å²) in [4.78, 5) is 40.5. The van der Waals surface area contributed by atoms with Gasteiger partial charge in [0.25, 0.3) is 11.8 Å². The first kappa shape index (κ1) is 31.0. The molecule has 0 spiro atoms. The Hall–Kier alpha value is -4.95. The zero-order chi connectivity index (χ0) is 30.6. The average Bonchev–Trinajstić information content (AvgIpc) is 3.04. The zero-order valence-corrected chi connectivity index (χ0v) is 24.1. The lowest BCUT2D eigenvalue weighted by atomic mass is 9.94. The van der Waals surface area contributed by atoms with Gasteiger partial charge in [0.05, 0.1) is 25.7 Å². The molecule has 0 radical (unpaired) electrons. The number of nitrogens with one attached hydrogen (secondary N) is 1. The van der Waals surface area contributed by atoms with Crippen LogP contribution in [0.1, 0.15) is 51.2 Å². The number of carbonyl (C=O) groups is 3. The molecule has 222 valence electrons. The van der Waals surface area contributed by atoms with Gasteiger partial charge in [-0.25, -0.2) is 0 Å². The first-order valence-corrected chi connectivity index (χ1v) is 14.3. The van der Waals surface area contributed by atoms with Crippen LogP contribution in [0, 0.1) is 0 Å². The first-order valence-electron chi connectivity index (χ1n) is 14.3. The summed E-state index contributed by atoms with van der Waals surface area (Å²) in [5.41, 5.74) is 3.58. The average molecular weight is 581 g/mol. The van der Waals surface area contributed by atoms with Gasteiger partial charge in [0.2, 0.25) is 0 Å². The van der Waals surface area contributed by atoms with E-state index < -0.39 is 12.0 Å². The van der Waals surface area contributed by atoms with E-state index in [0.717, 1.165) is 16.9 Å². The highest BCUT2D eigenvalue weighted by Crippen LogP contribution is 2.29. The number of hydrogen-bond donors (Lipinski definition) is 3. The summed E-state index contributed by atoms with van der Waals surface area (Å²) in [6.07, 6.45) is 0.333. The standard InChI is InChI=1S/C35H36N2O6/c1-2-43-27-18-16-25(17-19-27)20-22-37(23-21-33(39)40)35(42)31-15-9-7-13-29(31)28-12-6-8-14-30(28)34(41)36-32(24-38)26-10-4-3-5-11-26/h3-19,32,38H,2,20-24H2,1H3,(H,36,41)(H,39,40). The van der Waals surface area contributed by atoms with Gasteiger partial charge in [-0.2, -0.15) is 0 Å². The Kier molecular flexibility index (Phi) is 11.0. The Labute approximate surface area is 251 Å². The van der Waals surface area contributed by atoms with Gasteiger partial charge in [-0.1, -0.05) is 78.9 Å². The van der Waals surface area contributed by atoms with E-state index in [2.05, 4.69) is 5.32 Å². The lowest BCUT2D eigenvalue weighted by Crippen LogP contribution is -2.35. The van der Waals surface area contributed by atoms with E-state index in [-0.39, 0.29) is 31.4 Å². The molecule has 3 N–H and O–H groups in total. The van der Waals surface area contributed by atoms with Crippen LogP contribution in [-0.4, -0.2) is 59.2 Å². The van der Waals surface area contributed by atoms with Crippen LogP contribution in [0.5, 0.6) is 5.75 Å². The van der Waals surface area contributed by atoms with Crippen molar-refractivity contribution in [2.45, 2.75) is 25.8 Å². The number of carboxylic acids is 1. The Balaban J connectivity index is 1.61. The van der Waals surface area contributed by atoms with Crippen LogP contribution in [0.25, 0.3) is 11.1 Å². The maximum atomic E-state index is 14.0. The number of aliphatic hydroxyl groups is 1. The van der Waals surface area contributed by atoms with Crippen molar-refractivity contribution >= 4 is 17.8 Å². The zero-order valence-electron chi connectivity index (χ0n) is 24.1. The molecule has 4 aromatic carbocycles. The van der Waals surface area contributed by atoms with Crippen molar-refractivity contribution in [3.63, 3.8) is 0 Å². The number of nitrogens with zero attached hydrogens (tertiary/aromatic N) is 1. The van der Waals surface area contributed by atoms with Crippen molar-refractivity contribution < 1.29 is 29.3 Å². The third kappa shape index (κ3) is 8.30. The van der Waals surface area contributed by atoms with Crippen molar-refractivity contribution in [2.24, 2.45) is 0 Å². The summed E-state index contributed by atoms with van der Waals surface area (Å²) < 4.78 is 5.51. The smallest absolute Gasteiger partial charge is 0.305 e. The van der Waals surface area contributed by atoms with Crippen molar-refractivity contribution in [3.05, 3.63) is 125 Å². The van der Waals surface area contributed by atoms with Crippen LogP contribution in [0.15, 0.2) is 103 Å². The van der Waals surface area contributed by atoms with Gasteiger partial charge < -0.3 is 25.2 Å². The molecule has 8 heteroatoms. The summed E-state index contributed by atoms with van der Waals surface area (Å²) in [5.74, 6) is -0.948. The summed E-state index contributed by atoms with van der Waals surface area (Å²) in [7, 11) is 0. The van der Waals surface area contributed by atoms with Crippen molar-refractivity contribution in [3.8, 4) is 16.9 Å². The molecular formula is C35H36N2O6. The molecule has 4 aromatic rings. The summed E-state index contributed by atoms with van der Waals surface area (Å²) in [6.45, 7) is 2.55. The molecule has 1 atom stereocenters. The van der Waals surface area contributed by atoms with Crippen LogP contribution >= 0.6 is 0 Å². The molecule has 0 aliphatic rings. The fourth-order valence-electron chi connectivity index (χ4n) is 4.88. The van der Waals surface area contributed by atoms with E-state index in [1.165, 1.54) is 0 Å². The van der Waals surface area contributed by atoms with Crippen LogP contribution in [0.4, 0.5) is 0 Å². The topological polar surface area (TPSA) is 116 Å². The predicted molar refractivity (Wildman–Crippen MR) is 165 cm³/mol. The minimum Gasteiger partial charge on any atom is -0.494 e. The first-order chi connectivity index (χ1) is 20.9. The number of rotatable bonds is 14. The Morgan fingerprint density at radius 2 is 1.40 bits per heavy atom. The van der Waals surface area contributed by atoms with Crippen molar-refractivity contribution in [1.82, 2.24) is 10.2 Å². The largest absolute Gasteiger partial charge is 0.494 e. The molecule has 0 fully saturated rings.